The average molecular weight is 313 g/mol. The summed E-state index contributed by atoms with van der Waals surface area (Å²) in [5.41, 5.74) is 0.117. The largest absolute Gasteiger partial charge is 0.342 e. The molecule has 0 N–H and O–H groups in total. The first-order chi connectivity index (χ1) is 9.90. The van der Waals surface area contributed by atoms with Gasteiger partial charge in [0.2, 0.25) is 5.91 Å². The van der Waals surface area contributed by atoms with Crippen LogP contribution in [0.2, 0.25) is 5.02 Å². The molecule has 2 rings (SSSR count). The Labute approximate surface area is 126 Å². The third kappa shape index (κ3) is 2.63. The molecule has 7 heteroatoms. The van der Waals surface area contributed by atoms with Gasteiger partial charge in [0.05, 0.1) is 16.3 Å². The minimum Gasteiger partial charge on any atom is -0.342 e. The molecule has 0 saturated heterocycles. The van der Waals surface area contributed by atoms with Crippen LogP contribution in [-0.2, 0) is 9.59 Å². The van der Waals surface area contributed by atoms with E-state index >= 15 is 0 Å². The van der Waals surface area contributed by atoms with Crippen LogP contribution in [0.1, 0.15) is 24.2 Å². The summed E-state index contributed by atoms with van der Waals surface area (Å²) in [7, 11) is 0. The summed E-state index contributed by atoms with van der Waals surface area (Å²) < 4.78 is 13.6. The van der Waals surface area contributed by atoms with Gasteiger partial charge in [-0.1, -0.05) is 11.6 Å². The fourth-order valence-electron chi connectivity index (χ4n) is 2.26. The standard InChI is InChI=1S/C14H14ClFN2O3/c1-3-17(4-2)12(19)7-18-11-6-10(16)9(15)5-8(11)13(20)14(18)21/h5-6H,3-4,7H2,1-2H3. The summed E-state index contributed by atoms with van der Waals surface area (Å²) in [5, 5.41) is -0.230. The predicted octanol–water partition coefficient (Wildman–Crippen LogP) is 1.88. The number of carbonyl (C=O) groups is 3. The van der Waals surface area contributed by atoms with Crippen LogP contribution < -0.4 is 4.90 Å². The van der Waals surface area contributed by atoms with E-state index in [1.54, 1.807) is 0 Å². The van der Waals surface area contributed by atoms with Crippen LogP contribution >= 0.6 is 11.6 Å². The van der Waals surface area contributed by atoms with Crippen LogP contribution in [0.3, 0.4) is 0 Å². The van der Waals surface area contributed by atoms with Gasteiger partial charge in [-0.25, -0.2) is 4.39 Å². The minimum absolute atomic E-state index is 0.0266. The van der Waals surface area contributed by atoms with Crippen molar-refractivity contribution in [1.29, 1.82) is 0 Å². The van der Waals surface area contributed by atoms with Gasteiger partial charge in [0.15, 0.2) is 0 Å². The van der Waals surface area contributed by atoms with E-state index in [0.29, 0.717) is 13.1 Å². The van der Waals surface area contributed by atoms with Gasteiger partial charge in [-0.3, -0.25) is 19.3 Å². The van der Waals surface area contributed by atoms with Gasteiger partial charge >= 0.3 is 0 Å². The molecule has 5 nitrogen and oxygen atoms in total. The Morgan fingerprint density at radius 3 is 2.48 bits per heavy atom. The third-order valence-electron chi connectivity index (χ3n) is 3.42. The van der Waals surface area contributed by atoms with Crippen molar-refractivity contribution in [2.45, 2.75) is 13.8 Å². The molecule has 1 heterocycles. The maximum atomic E-state index is 13.6. The summed E-state index contributed by atoms with van der Waals surface area (Å²) in [6.07, 6.45) is 0. The summed E-state index contributed by atoms with van der Waals surface area (Å²) >= 11 is 5.62. The number of amides is 2. The number of ketones is 1. The molecule has 1 aromatic carbocycles. The first-order valence-corrected chi connectivity index (χ1v) is 6.91. The molecule has 0 aromatic heterocycles. The van der Waals surface area contributed by atoms with E-state index in [-0.39, 0.29) is 28.7 Å². The zero-order valence-electron chi connectivity index (χ0n) is 11.7. The molecule has 0 unspecified atom stereocenters. The van der Waals surface area contributed by atoms with Crippen molar-refractivity contribution in [2.24, 2.45) is 0 Å². The smallest absolute Gasteiger partial charge is 0.299 e. The minimum atomic E-state index is -0.841. The highest BCUT2D eigenvalue weighted by atomic mass is 35.5. The zero-order chi connectivity index (χ0) is 15.7. The molecular weight excluding hydrogens is 299 g/mol. The van der Waals surface area contributed by atoms with Crippen LogP contribution in [0, 0.1) is 5.82 Å². The third-order valence-corrected chi connectivity index (χ3v) is 3.71. The number of benzene rings is 1. The fraction of sp³-hybridized carbons (Fsp3) is 0.357. The summed E-state index contributed by atoms with van der Waals surface area (Å²) in [5.74, 6) is -2.66. The molecule has 0 fully saturated rings. The van der Waals surface area contributed by atoms with Gasteiger partial charge in [0.25, 0.3) is 11.7 Å². The zero-order valence-corrected chi connectivity index (χ0v) is 12.4. The summed E-state index contributed by atoms with van der Waals surface area (Å²) in [6.45, 7) is 4.32. The highest BCUT2D eigenvalue weighted by Gasteiger charge is 2.38. The lowest BCUT2D eigenvalue weighted by Gasteiger charge is -2.23. The molecule has 1 aromatic rings. The first-order valence-electron chi connectivity index (χ1n) is 6.53. The van der Waals surface area contributed by atoms with Crippen molar-refractivity contribution in [3.63, 3.8) is 0 Å². The highest BCUT2D eigenvalue weighted by Crippen LogP contribution is 2.33. The molecule has 112 valence electrons. The Morgan fingerprint density at radius 2 is 1.90 bits per heavy atom. The summed E-state index contributed by atoms with van der Waals surface area (Å²) in [4.78, 5) is 38.4. The maximum absolute atomic E-state index is 13.6. The molecule has 1 aliphatic heterocycles. The van der Waals surface area contributed by atoms with E-state index in [1.165, 1.54) is 4.90 Å². The van der Waals surface area contributed by atoms with Gasteiger partial charge in [-0.2, -0.15) is 0 Å². The second-order valence-electron chi connectivity index (χ2n) is 4.57. The monoisotopic (exact) mass is 312 g/mol. The number of hydrogen-bond donors (Lipinski definition) is 0. The molecule has 1 aliphatic rings. The van der Waals surface area contributed by atoms with Gasteiger partial charge in [0.1, 0.15) is 12.4 Å². The number of carbonyl (C=O) groups excluding carboxylic acids is 3. The van der Waals surface area contributed by atoms with Crippen LogP contribution in [0.15, 0.2) is 12.1 Å². The van der Waals surface area contributed by atoms with Crippen molar-refractivity contribution in [2.75, 3.05) is 24.5 Å². The normalized spacial score (nSPS) is 13.6. The molecule has 0 bridgehead atoms. The number of rotatable bonds is 4. The van der Waals surface area contributed by atoms with Crippen molar-refractivity contribution in [3.05, 3.63) is 28.5 Å². The maximum Gasteiger partial charge on any atom is 0.299 e. The molecule has 2 amide bonds. The highest BCUT2D eigenvalue weighted by molar-refractivity contribution is 6.53. The van der Waals surface area contributed by atoms with Crippen LogP contribution in [0.5, 0.6) is 0 Å². The van der Waals surface area contributed by atoms with Gasteiger partial charge < -0.3 is 4.90 Å². The number of fused-ring (bicyclic) bond motifs is 1. The lowest BCUT2D eigenvalue weighted by molar-refractivity contribution is -0.130. The van der Waals surface area contributed by atoms with Gasteiger partial charge in [0, 0.05) is 13.1 Å². The quantitative estimate of drug-likeness (QED) is 0.798. The van der Waals surface area contributed by atoms with Gasteiger partial charge in [-0.05, 0) is 26.0 Å². The van der Waals surface area contributed by atoms with E-state index < -0.39 is 17.5 Å². The number of anilines is 1. The molecule has 0 aliphatic carbocycles. The van der Waals surface area contributed by atoms with Crippen LogP contribution in [-0.4, -0.2) is 42.1 Å². The second-order valence-corrected chi connectivity index (χ2v) is 4.98. The van der Waals surface area contributed by atoms with Crippen molar-refractivity contribution in [1.82, 2.24) is 4.90 Å². The fourth-order valence-corrected chi connectivity index (χ4v) is 2.42. The number of hydrogen-bond acceptors (Lipinski definition) is 3. The number of Topliss-reactive ketones (excluding diaryl/α,β-unsaturated/α-hetero) is 1. The van der Waals surface area contributed by atoms with E-state index in [9.17, 15) is 18.8 Å². The Morgan fingerprint density at radius 1 is 1.29 bits per heavy atom. The first kappa shape index (κ1) is 15.4. The van der Waals surface area contributed by atoms with E-state index in [0.717, 1.165) is 17.0 Å². The Bertz CT molecular complexity index is 629. The van der Waals surface area contributed by atoms with E-state index in [1.807, 2.05) is 13.8 Å². The summed E-state index contributed by atoms with van der Waals surface area (Å²) in [6, 6.07) is 2.13. The van der Waals surface area contributed by atoms with Crippen molar-refractivity contribution in [3.8, 4) is 0 Å². The van der Waals surface area contributed by atoms with E-state index in [4.69, 9.17) is 11.6 Å². The second kappa shape index (κ2) is 5.81. The SMILES string of the molecule is CCN(CC)C(=O)CN1C(=O)C(=O)c2cc(Cl)c(F)cc21. The lowest BCUT2D eigenvalue weighted by Crippen LogP contribution is -2.42. The molecule has 0 radical (unpaired) electrons. The van der Waals surface area contributed by atoms with E-state index in [2.05, 4.69) is 0 Å². The number of nitrogens with zero attached hydrogens (tertiary/aromatic N) is 2. The molecule has 0 atom stereocenters. The number of likely N-dealkylation sites (N-methyl/N-ethyl adjacent to an activating group) is 1. The topological polar surface area (TPSA) is 57.7 Å². The van der Waals surface area contributed by atoms with Crippen LogP contribution in [0.25, 0.3) is 0 Å². The molecular formula is C14H14ClFN2O3. The van der Waals surface area contributed by atoms with Gasteiger partial charge in [-0.15, -0.1) is 0 Å². The predicted molar refractivity (Wildman–Crippen MR) is 76.0 cm³/mol. The lowest BCUT2D eigenvalue weighted by atomic mass is 10.1. The Hall–Kier alpha value is -1.95. The Balaban J connectivity index is 2.35. The average Bonchev–Trinajstić information content (AvgIpc) is 2.66. The van der Waals surface area contributed by atoms with Crippen molar-refractivity contribution < 1.29 is 18.8 Å². The van der Waals surface area contributed by atoms with Crippen molar-refractivity contribution >= 4 is 34.9 Å². The number of halogens is 2. The molecule has 0 saturated carbocycles. The van der Waals surface area contributed by atoms with Crippen LogP contribution in [0.4, 0.5) is 10.1 Å². The molecule has 21 heavy (non-hydrogen) atoms. The Kier molecular flexibility index (Phi) is 4.27. The molecule has 0 spiro atoms.